The Kier molecular flexibility index (Phi) is 3.75. The second-order valence-electron chi connectivity index (χ2n) is 4.81. The van der Waals surface area contributed by atoms with Crippen molar-refractivity contribution in [2.24, 2.45) is 0 Å². The van der Waals surface area contributed by atoms with Gasteiger partial charge >= 0.3 is 0 Å². The van der Waals surface area contributed by atoms with E-state index in [2.05, 4.69) is 20.6 Å². The van der Waals surface area contributed by atoms with Crippen molar-refractivity contribution < 1.29 is 4.79 Å². The topological polar surface area (TPSA) is 66.9 Å². The molecule has 0 saturated carbocycles. The summed E-state index contributed by atoms with van der Waals surface area (Å²) in [4.78, 5) is 22.0. The molecule has 1 aliphatic heterocycles. The van der Waals surface area contributed by atoms with Crippen LogP contribution in [0.2, 0.25) is 0 Å². The zero-order chi connectivity index (χ0) is 13.9. The van der Waals surface area contributed by atoms with Crippen molar-refractivity contribution in [1.82, 2.24) is 15.3 Å². The molecular formula is C14H16N4OS. The summed E-state index contributed by atoms with van der Waals surface area (Å²) in [6, 6.07) is 3.84. The second-order valence-corrected chi connectivity index (χ2v) is 5.89. The van der Waals surface area contributed by atoms with E-state index in [1.165, 1.54) is 4.88 Å². The summed E-state index contributed by atoms with van der Waals surface area (Å²) in [5.41, 5.74) is 2.95. The van der Waals surface area contributed by atoms with Gasteiger partial charge in [0.1, 0.15) is 0 Å². The van der Waals surface area contributed by atoms with Gasteiger partial charge in [-0.2, -0.15) is 0 Å². The van der Waals surface area contributed by atoms with E-state index in [9.17, 15) is 4.79 Å². The van der Waals surface area contributed by atoms with Crippen LogP contribution in [-0.2, 0) is 24.2 Å². The van der Waals surface area contributed by atoms with Gasteiger partial charge in [0.15, 0.2) is 5.13 Å². The fourth-order valence-electron chi connectivity index (χ4n) is 2.20. The molecule has 3 rings (SSSR count). The molecule has 0 radical (unpaired) electrons. The van der Waals surface area contributed by atoms with Crippen LogP contribution in [0.1, 0.15) is 21.8 Å². The van der Waals surface area contributed by atoms with Crippen LogP contribution in [0, 0.1) is 6.92 Å². The number of anilines is 1. The molecule has 0 atom stereocenters. The lowest BCUT2D eigenvalue weighted by atomic mass is 10.1. The van der Waals surface area contributed by atoms with Crippen molar-refractivity contribution in [3.05, 3.63) is 40.2 Å². The number of carbonyl (C=O) groups excluding carboxylic acids is 1. The Hall–Kier alpha value is -1.79. The molecule has 0 saturated heterocycles. The van der Waals surface area contributed by atoms with E-state index in [1.807, 2.05) is 19.1 Å². The highest BCUT2D eigenvalue weighted by molar-refractivity contribution is 7.15. The highest BCUT2D eigenvalue weighted by Gasteiger charge is 2.16. The molecule has 0 unspecified atom stereocenters. The molecule has 2 aromatic rings. The maximum Gasteiger partial charge on any atom is 0.232 e. The number of rotatable bonds is 3. The van der Waals surface area contributed by atoms with Crippen LogP contribution < -0.4 is 10.6 Å². The molecule has 6 heteroatoms. The zero-order valence-electron chi connectivity index (χ0n) is 11.3. The third kappa shape index (κ3) is 2.86. The van der Waals surface area contributed by atoms with Gasteiger partial charge in [0.25, 0.3) is 0 Å². The van der Waals surface area contributed by atoms with E-state index in [0.717, 1.165) is 36.5 Å². The molecule has 3 heterocycles. The minimum atomic E-state index is -0.0640. The summed E-state index contributed by atoms with van der Waals surface area (Å²) < 4.78 is 0. The Morgan fingerprint density at radius 3 is 3.25 bits per heavy atom. The van der Waals surface area contributed by atoms with Crippen molar-refractivity contribution in [1.29, 1.82) is 0 Å². The van der Waals surface area contributed by atoms with Gasteiger partial charge < -0.3 is 10.6 Å². The molecule has 2 N–H and O–H groups in total. The predicted molar refractivity (Wildman–Crippen MR) is 78.8 cm³/mol. The van der Waals surface area contributed by atoms with Gasteiger partial charge in [-0.25, -0.2) is 4.98 Å². The first-order valence-electron chi connectivity index (χ1n) is 6.62. The molecule has 0 bridgehead atoms. The van der Waals surface area contributed by atoms with E-state index in [1.54, 1.807) is 17.5 Å². The molecular weight excluding hydrogens is 272 g/mol. The van der Waals surface area contributed by atoms with Crippen LogP contribution >= 0.6 is 11.3 Å². The van der Waals surface area contributed by atoms with E-state index in [0.29, 0.717) is 5.13 Å². The van der Waals surface area contributed by atoms with Gasteiger partial charge in [-0.15, -0.1) is 11.3 Å². The number of aromatic nitrogens is 2. The van der Waals surface area contributed by atoms with Crippen molar-refractivity contribution >= 4 is 22.4 Å². The van der Waals surface area contributed by atoms with Crippen LogP contribution in [-0.4, -0.2) is 22.4 Å². The molecule has 0 fully saturated rings. The van der Waals surface area contributed by atoms with Gasteiger partial charge in [-0.1, -0.05) is 6.07 Å². The normalized spacial score (nSPS) is 13.8. The molecule has 20 heavy (non-hydrogen) atoms. The molecule has 1 amide bonds. The van der Waals surface area contributed by atoms with Crippen LogP contribution in [0.3, 0.4) is 0 Å². The molecule has 0 spiro atoms. The van der Waals surface area contributed by atoms with E-state index >= 15 is 0 Å². The molecule has 2 aromatic heterocycles. The third-order valence-electron chi connectivity index (χ3n) is 3.29. The minimum absolute atomic E-state index is 0.0640. The Bertz CT molecular complexity index is 614. The van der Waals surface area contributed by atoms with E-state index < -0.39 is 0 Å². The zero-order valence-corrected chi connectivity index (χ0v) is 12.1. The Labute approximate surface area is 121 Å². The van der Waals surface area contributed by atoms with Gasteiger partial charge in [-0.3, -0.25) is 9.78 Å². The van der Waals surface area contributed by atoms with Crippen molar-refractivity contribution in [2.75, 3.05) is 11.9 Å². The lowest BCUT2D eigenvalue weighted by Crippen LogP contribution is -2.22. The summed E-state index contributed by atoms with van der Waals surface area (Å²) in [6.45, 7) is 3.77. The Morgan fingerprint density at radius 2 is 2.45 bits per heavy atom. The van der Waals surface area contributed by atoms with Crippen LogP contribution in [0.25, 0.3) is 0 Å². The number of thiazole rings is 1. The van der Waals surface area contributed by atoms with Crippen molar-refractivity contribution in [3.63, 3.8) is 0 Å². The van der Waals surface area contributed by atoms with Gasteiger partial charge in [0, 0.05) is 30.6 Å². The summed E-state index contributed by atoms with van der Waals surface area (Å²) >= 11 is 1.55. The molecule has 0 aromatic carbocycles. The number of hydrogen-bond acceptors (Lipinski definition) is 5. The number of nitrogens with zero attached hydrogens (tertiary/aromatic N) is 2. The first-order chi connectivity index (χ1) is 9.72. The first-order valence-corrected chi connectivity index (χ1v) is 7.43. The van der Waals surface area contributed by atoms with Gasteiger partial charge in [-0.05, 0) is 18.6 Å². The number of hydrogen-bond donors (Lipinski definition) is 2. The minimum Gasteiger partial charge on any atom is -0.311 e. The largest absolute Gasteiger partial charge is 0.311 e. The molecule has 104 valence electrons. The number of carbonyl (C=O) groups is 1. The van der Waals surface area contributed by atoms with Crippen LogP contribution in [0.4, 0.5) is 5.13 Å². The average molecular weight is 288 g/mol. The predicted octanol–water partition coefficient (Wildman–Crippen LogP) is 1.67. The number of pyridine rings is 1. The second kappa shape index (κ2) is 5.68. The summed E-state index contributed by atoms with van der Waals surface area (Å²) in [7, 11) is 0. The smallest absolute Gasteiger partial charge is 0.232 e. The van der Waals surface area contributed by atoms with Gasteiger partial charge in [0.05, 0.1) is 17.8 Å². The third-order valence-corrected chi connectivity index (χ3v) is 4.31. The molecule has 0 aliphatic carbocycles. The monoisotopic (exact) mass is 288 g/mol. The lowest BCUT2D eigenvalue weighted by Gasteiger charge is -2.09. The van der Waals surface area contributed by atoms with E-state index in [-0.39, 0.29) is 12.3 Å². The fourth-order valence-corrected chi connectivity index (χ4v) is 3.19. The average Bonchev–Trinajstić information content (AvgIpc) is 2.83. The highest BCUT2D eigenvalue weighted by Crippen LogP contribution is 2.25. The number of amides is 1. The number of nitrogens with one attached hydrogen (secondary N) is 2. The quantitative estimate of drug-likeness (QED) is 0.901. The summed E-state index contributed by atoms with van der Waals surface area (Å²) in [5, 5.41) is 6.87. The highest BCUT2D eigenvalue weighted by atomic mass is 32.1. The molecule has 5 nitrogen and oxygen atoms in total. The standard InChI is InChI=1S/C14H16N4OS/c1-9-3-2-5-16-11(9)7-13(19)18-14-17-10-4-6-15-8-12(10)20-14/h2-3,5,15H,4,6-8H2,1H3,(H,17,18,19). The maximum absolute atomic E-state index is 12.0. The lowest BCUT2D eigenvalue weighted by molar-refractivity contribution is -0.115. The van der Waals surface area contributed by atoms with Crippen molar-refractivity contribution in [3.8, 4) is 0 Å². The van der Waals surface area contributed by atoms with Gasteiger partial charge in [0.2, 0.25) is 5.91 Å². The fraction of sp³-hybridized carbons (Fsp3) is 0.357. The summed E-state index contributed by atoms with van der Waals surface area (Å²) in [6.07, 6.45) is 2.93. The van der Waals surface area contributed by atoms with Crippen LogP contribution in [0.15, 0.2) is 18.3 Å². The first kappa shape index (κ1) is 13.2. The summed E-state index contributed by atoms with van der Waals surface area (Å²) in [5.74, 6) is -0.0640. The molecule has 1 aliphatic rings. The Balaban J connectivity index is 1.67. The van der Waals surface area contributed by atoms with Crippen LogP contribution in [0.5, 0.6) is 0 Å². The SMILES string of the molecule is Cc1cccnc1CC(=O)Nc1nc2c(s1)CNCC2. The van der Waals surface area contributed by atoms with E-state index in [4.69, 9.17) is 0 Å². The van der Waals surface area contributed by atoms with Crippen molar-refractivity contribution in [2.45, 2.75) is 26.3 Å². The maximum atomic E-state index is 12.0. The number of fused-ring (bicyclic) bond motifs is 1. The Morgan fingerprint density at radius 1 is 1.55 bits per heavy atom. The number of aryl methyl sites for hydroxylation is 1.